The van der Waals surface area contributed by atoms with Crippen LogP contribution in [0.25, 0.3) is 0 Å². The zero-order chi connectivity index (χ0) is 15.9. The second kappa shape index (κ2) is 7.71. The molecule has 0 aromatic heterocycles. The summed E-state index contributed by atoms with van der Waals surface area (Å²) in [6, 6.07) is 16.1. The molecule has 1 unspecified atom stereocenters. The Kier molecular flexibility index (Phi) is 5.67. The first-order valence-corrected chi connectivity index (χ1v) is 7.33. The number of amides is 1. The van der Waals surface area contributed by atoms with E-state index in [9.17, 15) is 9.18 Å². The summed E-state index contributed by atoms with van der Waals surface area (Å²) in [7, 11) is 1.82. The number of carbonyl (C=O) groups is 1. The Morgan fingerprint density at radius 2 is 1.77 bits per heavy atom. The van der Waals surface area contributed by atoms with Crippen molar-refractivity contribution in [1.29, 1.82) is 0 Å². The molecular weight excluding hydrogens is 279 g/mol. The van der Waals surface area contributed by atoms with Crippen LogP contribution in [-0.4, -0.2) is 23.9 Å². The summed E-state index contributed by atoms with van der Waals surface area (Å²) in [6.45, 7) is 2.71. The summed E-state index contributed by atoms with van der Waals surface area (Å²) < 4.78 is 13.7. The van der Waals surface area contributed by atoms with Crippen LogP contribution < -0.4 is 5.32 Å². The molecule has 1 N–H and O–H groups in total. The van der Waals surface area contributed by atoms with E-state index < -0.39 is 0 Å². The van der Waals surface area contributed by atoms with Crippen LogP contribution in [0.1, 0.15) is 18.1 Å². The van der Waals surface area contributed by atoms with E-state index >= 15 is 0 Å². The third-order valence-electron chi connectivity index (χ3n) is 3.73. The van der Waals surface area contributed by atoms with Crippen molar-refractivity contribution in [2.45, 2.75) is 26.1 Å². The van der Waals surface area contributed by atoms with Crippen LogP contribution in [0, 0.1) is 5.82 Å². The van der Waals surface area contributed by atoms with E-state index in [2.05, 4.69) is 5.32 Å². The third-order valence-corrected chi connectivity index (χ3v) is 3.73. The van der Waals surface area contributed by atoms with E-state index in [-0.39, 0.29) is 17.8 Å². The number of halogens is 1. The molecule has 4 heteroatoms. The molecule has 0 bridgehead atoms. The van der Waals surface area contributed by atoms with Gasteiger partial charge in [0.1, 0.15) is 5.82 Å². The maximum Gasteiger partial charge on any atom is 0.237 e. The van der Waals surface area contributed by atoms with Crippen LogP contribution in [0.4, 0.5) is 4.39 Å². The lowest BCUT2D eigenvalue weighted by molar-refractivity contribution is -0.125. The molecule has 0 aliphatic carbocycles. The van der Waals surface area contributed by atoms with E-state index in [4.69, 9.17) is 0 Å². The van der Waals surface area contributed by atoms with Crippen molar-refractivity contribution in [3.63, 3.8) is 0 Å². The first-order chi connectivity index (χ1) is 10.6. The molecule has 0 heterocycles. The van der Waals surface area contributed by atoms with Crippen LogP contribution in [-0.2, 0) is 17.9 Å². The Labute approximate surface area is 130 Å². The molecule has 2 rings (SSSR count). The number of rotatable bonds is 6. The molecule has 0 spiro atoms. The average Bonchev–Trinajstić information content (AvgIpc) is 2.55. The Hall–Kier alpha value is -2.20. The van der Waals surface area contributed by atoms with E-state index in [1.54, 1.807) is 18.2 Å². The minimum Gasteiger partial charge on any atom is -0.351 e. The fraction of sp³-hybridized carbons (Fsp3) is 0.278. The molecule has 22 heavy (non-hydrogen) atoms. The lowest BCUT2D eigenvalue weighted by Crippen LogP contribution is -2.42. The van der Waals surface area contributed by atoms with Gasteiger partial charge in [0.15, 0.2) is 0 Å². The van der Waals surface area contributed by atoms with E-state index in [0.717, 1.165) is 5.56 Å². The number of nitrogens with one attached hydrogen (secondary N) is 1. The summed E-state index contributed by atoms with van der Waals surface area (Å²) in [6.07, 6.45) is 0. The van der Waals surface area contributed by atoms with Gasteiger partial charge in [-0.3, -0.25) is 9.69 Å². The Balaban J connectivity index is 1.88. The zero-order valence-corrected chi connectivity index (χ0v) is 12.9. The highest BCUT2D eigenvalue weighted by molar-refractivity contribution is 5.81. The van der Waals surface area contributed by atoms with Crippen molar-refractivity contribution in [1.82, 2.24) is 10.2 Å². The summed E-state index contributed by atoms with van der Waals surface area (Å²) >= 11 is 0. The molecule has 3 nitrogen and oxygen atoms in total. The van der Waals surface area contributed by atoms with Crippen molar-refractivity contribution < 1.29 is 9.18 Å². The fourth-order valence-corrected chi connectivity index (χ4v) is 2.17. The highest BCUT2D eigenvalue weighted by Gasteiger charge is 2.18. The summed E-state index contributed by atoms with van der Waals surface area (Å²) in [5.41, 5.74) is 1.65. The fourth-order valence-electron chi connectivity index (χ4n) is 2.17. The van der Waals surface area contributed by atoms with Gasteiger partial charge in [-0.2, -0.15) is 0 Å². The van der Waals surface area contributed by atoms with E-state index in [1.807, 2.05) is 49.2 Å². The molecule has 1 atom stereocenters. The van der Waals surface area contributed by atoms with Gasteiger partial charge in [0.2, 0.25) is 5.91 Å². The van der Waals surface area contributed by atoms with Crippen molar-refractivity contribution in [3.8, 4) is 0 Å². The largest absolute Gasteiger partial charge is 0.351 e. The van der Waals surface area contributed by atoms with Crippen LogP contribution in [0.2, 0.25) is 0 Å². The van der Waals surface area contributed by atoms with Gasteiger partial charge in [0.25, 0.3) is 0 Å². The Bertz CT molecular complexity index is 615. The number of likely N-dealkylation sites (N-methyl/N-ethyl adjacent to an activating group) is 1. The molecule has 0 radical (unpaired) electrons. The van der Waals surface area contributed by atoms with Gasteiger partial charge in [0.05, 0.1) is 6.04 Å². The van der Waals surface area contributed by atoms with Gasteiger partial charge in [-0.25, -0.2) is 4.39 Å². The van der Waals surface area contributed by atoms with Gasteiger partial charge in [-0.05, 0) is 25.6 Å². The highest BCUT2D eigenvalue weighted by Crippen LogP contribution is 2.11. The number of nitrogens with zero attached hydrogens (tertiary/aromatic N) is 1. The summed E-state index contributed by atoms with van der Waals surface area (Å²) in [5.74, 6) is -0.311. The number of carbonyl (C=O) groups excluding carboxylic acids is 1. The minimum atomic E-state index is -0.330. The molecule has 2 aromatic carbocycles. The third kappa shape index (κ3) is 4.40. The molecule has 116 valence electrons. The number of hydrogen-bond acceptors (Lipinski definition) is 2. The second-order valence-electron chi connectivity index (χ2n) is 5.39. The first kappa shape index (κ1) is 16.2. The van der Waals surface area contributed by atoms with Crippen molar-refractivity contribution in [2.24, 2.45) is 0 Å². The van der Waals surface area contributed by atoms with E-state index in [0.29, 0.717) is 18.7 Å². The maximum absolute atomic E-state index is 13.7. The summed E-state index contributed by atoms with van der Waals surface area (Å²) in [5, 5.41) is 2.91. The predicted octanol–water partition coefficient (Wildman–Crippen LogP) is 2.96. The second-order valence-corrected chi connectivity index (χ2v) is 5.39. The minimum absolute atomic E-state index is 0.0670. The molecule has 0 aliphatic rings. The summed E-state index contributed by atoms with van der Waals surface area (Å²) in [4.78, 5) is 14.0. The molecule has 0 saturated heterocycles. The smallest absolute Gasteiger partial charge is 0.237 e. The lowest BCUT2D eigenvalue weighted by Gasteiger charge is -2.24. The molecule has 0 aliphatic heterocycles. The van der Waals surface area contributed by atoms with Crippen molar-refractivity contribution >= 4 is 5.91 Å². The molecule has 0 fully saturated rings. The van der Waals surface area contributed by atoms with Crippen molar-refractivity contribution in [2.75, 3.05) is 7.05 Å². The molecule has 1 amide bonds. The van der Waals surface area contributed by atoms with Gasteiger partial charge in [-0.15, -0.1) is 0 Å². The number of benzene rings is 2. The predicted molar refractivity (Wildman–Crippen MR) is 85.6 cm³/mol. The Morgan fingerprint density at radius 3 is 2.45 bits per heavy atom. The number of hydrogen-bond donors (Lipinski definition) is 1. The molecular formula is C18H21FN2O. The zero-order valence-electron chi connectivity index (χ0n) is 12.9. The van der Waals surface area contributed by atoms with Gasteiger partial charge >= 0.3 is 0 Å². The average molecular weight is 300 g/mol. The van der Waals surface area contributed by atoms with Gasteiger partial charge < -0.3 is 5.32 Å². The van der Waals surface area contributed by atoms with Gasteiger partial charge in [0, 0.05) is 18.7 Å². The normalized spacial score (nSPS) is 12.2. The monoisotopic (exact) mass is 300 g/mol. The molecule has 2 aromatic rings. The highest BCUT2D eigenvalue weighted by atomic mass is 19.1. The van der Waals surface area contributed by atoms with Crippen molar-refractivity contribution in [3.05, 3.63) is 71.5 Å². The maximum atomic E-state index is 13.7. The topological polar surface area (TPSA) is 32.3 Å². The lowest BCUT2D eigenvalue weighted by atomic mass is 10.1. The first-order valence-electron chi connectivity index (χ1n) is 7.33. The SMILES string of the molecule is CC(C(=O)NCc1ccccc1)N(C)Cc1ccccc1F. The standard InChI is InChI=1S/C18H21FN2O/c1-14(18(22)20-12-15-8-4-3-5-9-15)21(2)13-16-10-6-7-11-17(16)19/h3-11,14H,12-13H2,1-2H3,(H,20,22). The van der Waals surface area contributed by atoms with Gasteiger partial charge in [-0.1, -0.05) is 48.5 Å². The quantitative estimate of drug-likeness (QED) is 0.889. The Morgan fingerprint density at radius 1 is 1.14 bits per heavy atom. The molecule has 0 saturated carbocycles. The van der Waals surface area contributed by atoms with Crippen LogP contribution in [0.3, 0.4) is 0 Å². The van der Waals surface area contributed by atoms with Crippen LogP contribution >= 0.6 is 0 Å². The van der Waals surface area contributed by atoms with E-state index in [1.165, 1.54) is 6.07 Å². The van der Waals surface area contributed by atoms with Crippen LogP contribution in [0.15, 0.2) is 54.6 Å². The van der Waals surface area contributed by atoms with Crippen LogP contribution in [0.5, 0.6) is 0 Å².